The summed E-state index contributed by atoms with van der Waals surface area (Å²) in [6, 6.07) is 16.1. The predicted molar refractivity (Wildman–Crippen MR) is 134 cm³/mol. The molecule has 10 nitrogen and oxygen atoms in total. The Morgan fingerprint density at radius 2 is 1.72 bits per heavy atom. The van der Waals surface area contributed by atoms with Crippen LogP contribution in [0.15, 0.2) is 67.1 Å². The topological polar surface area (TPSA) is 120 Å². The summed E-state index contributed by atoms with van der Waals surface area (Å²) in [6.07, 6.45) is 8.07. The maximum absolute atomic E-state index is 13.4. The first-order valence-electron chi connectivity index (χ1n) is 12.1. The highest BCUT2D eigenvalue weighted by Gasteiger charge is 2.32. The van der Waals surface area contributed by atoms with Gasteiger partial charge in [0.1, 0.15) is 12.4 Å². The molecule has 1 aliphatic rings. The van der Waals surface area contributed by atoms with Crippen molar-refractivity contribution in [2.24, 2.45) is 13.0 Å². The van der Waals surface area contributed by atoms with Gasteiger partial charge in [0, 0.05) is 18.3 Å². The van der Waals surface area contributed by atoms with Crippen molar-refractivity contribution < 1.29 is 9.59 Å². The largest absolute Gasteiger partial charge is 0.339 e. The molecule has 0 bridgehead atoms. The van der Waals surface area contributed by atoms with Gasteiger partial charge in [-0.2, -0.15) is 0 Å². The second-order valence-electron chi connectivity index (χ2n) is 9.05. The molecule has 1 unspecified atom stereocenters. The van der Waals surface area contributed by atoms with Crippen molar-refractivity contribution in [1.82, 2.24) is 35.1 Å². The quantitative estimate of drug-likeness (QED) is 0.415. The van der Waals surface area contributed by atoms with Crippen LogP contribution in [-0.2, 0) is 11.8 Å². The molecular weight excluding hydrogens is 456 g/mol. The van der Waals surface area contributed by atoms with E-state index in [4.69, 9.17) is 0 Å². The van der Waals surface area contributed by atoms with Gasteiger partial charge in [-0.05, 0) is 55.2 Å². The average molecular weight is 485 g/mol. The number of rotatable bonds is 7. The van der Waals surface area contributed by atoms with Crippen LogP contribution in [0.2, 0.25) is 0 Å². The molecule has 1 aliphatic carbocycles. The van der Waals surface area contributed by atoms with E-state index in [1.807, 2.05) is 66.2 Å². The zero-order valence-electron chi connectivity index (χ0n) is 20.0. The van der Waals surface area contributed by atoms with Gasteiger partial charge in [0.2, 0.25) is 5.91 Å². The fourth-order valence-corrected chi connectivity index (χ4v) is 4.70. The molecule has 2 N–H and O–H groups in total. The van der Waals surface area contributed by atoms with Crippen LogP contribution in [0.4, 0.5) is 5.69 Å². The molecule has 2 aromatic carbocycles. The number of para-hydroxylation sites is 1. The number of aryl methyl sites for hydroxylation is 1. The molecule has 5 rings (SSSR count). The molecule has 1 fully saturated rings. The minimum atomic E-state index is -0.671. The fourth-order valence-electron chi connectivity index (χ4n) is 4.70. The molecule has 2 heterocycles. The third-order valence-electron chi connectivity index (χ3n) is 6.60. The van der Waals surface area contributed by atoms with Gasteiger partial charge in [0.05, 0.1) is 11.9 Å². The number of aromatic nitrogens is 6. The molecule has 2 aromatic heterocycles. The lowest BCUT2D eigenvalue weighted by Gasteiger charge is -2.30. The van der Waals surface area contributed by atoms with E-state index in [0.717, 1.165) is 49.2 Å². The number of amides is 2. The molecule has 0 aliphatic heterocycles. The summed E-state index contributed by atoms with van der Waals surface area (Å²) >= 11 is 0. The Labute approximate surface area is 208 Å². The Balaban J connectivity index is 1.34. The number of hydrogen-bond acceptors (Lipinski definition) is 6. The maximum atomic E-state index is 13.4. The van der Waals surface area contributed by atoms with E-state index in [2.05, 4.69) is 31.1 Å². The average Bonchev–Trinajstić information content (AvgIpc) is 3.58. The Bertz CT molecular complexity index is 1320. The molecular formula is C26H28N8O2. The number of hydrogen-bond donors (Lipinski definition) is 2. The van der Waals surface area contributed by atoms with Gasteiger partial charge < -0.3 is 15.2 Å². The normalized spacial score (nSPS) is 14.8. The van der Waals surface area contributed by atoms with E-state index in [9.17, 15) is 9.59 Å². The Hall–Kier alpha value is -4.34. The first kappa shape index (κ1) is 23.4. The van der Waals surface area contributed by atoms with Gasteiger partial charge in [-0.3, -0.25) is 9.59 Å². The Morgan fingerprint density at radius 3 is 2.42 bits per heavy atom. The van der Waals surface area contributed by atoms with Crippen molar-refractivity contribution in [1.29, 1.82) is 0 Å². The molecule has 36 heavy (non-hydrogen) atoms. The molecule has 1 atom stereocenters. The molecule has 0 spiro atoms. The number of nitrogens with one attached hydrogen (secondary N) is 2. The van der Waals surface area contributed by atoms with Gasteiger partial charge in [-0.1, -0.05) is 42.7 Å². The first-order valence-corrected chi connectivity index (χ1v) is 12.1. The summed E-state index contributed by atoms with van der Waals surface area (Å²) < 4.78 is 3.31. The molecule has 1 saturated carbocycles. The van der Waals surface area contributed by atoms with Crippen LogP contribution in [0.25, 0.3) is 17.1 Å². The monoisotopic (exact) mass is 484 g/mol. The third kappa shape index (κ3) is 5.02. The first-order chi connectivity index (χ1) is 17.6. The summed E-state index contributed by atoms with van der Waals surface area (Å²) in [7, 11) is 1.88. The summed E-state index contributed by atoms with van der Waals surface area (Å²) in [4.78, 5) is 26.8. The van der Waals surface area contributed by atoms with E-state index in [-0.39, 0.29) is 23.4 Å². The van der Waals surface area contributed by atoms with Crippen molar-refractivity contribution in [2.45, 2.75) is 38.1 Å². The number of nitrogens with zero attached hydrogens (tertiary/aromatic N) is 6. The lowest BCUT2D eigenvalue weighted by molar-refractivity contribution is -0.119. The number of benzene rings is 2. The van der Waals surface area contributed by atoms with Crippen molar-refractivity contribution in [3.63, 3.8) is 0 Å². The third-order valence-corrected chi connectivity index (χ3v) is 6.60. The fraction of sp³-hybridized carbons (Fsp3) is 0.308. The minimum Gasteiger partial charge on any atom is -0.339 e. The van der Waals surface area contributed by atoms with Crippen LogP contribution < -0.4 is 10.6 Å². The predicted octanol–water partition coefficient (Wildman–Crippen LogP) is 3.38. The molecule has 4 aromatic rings. The van der Waals surface area contributed by atoms with E-state index in [0.29, 0.717) is 5.69 Å². The van der Waals surface area contributed by atoms with Crippen molar-refractivity contribution in [3.05, 3.63) is 72.8 Å². The van der Waals surface area contributed by atoms with Crippen LogP contribution in [0.1, 0.15) is 42.6 Å². The Kier molecular flexibility index (Phi) is 6.83. The van der Waals surface area contributed by atoms with Gasteiger partial charge in [-0.15, -0.1) is 15.3 Å². The second kappa shape index (κ2) is 10.5. The lowest BCUT2D eigenvalue weighted by Crippen LogP contribution is -2.49. The number of carbonyl (C=O) groups excluding carboxylic acids is 2. The highest BCUT2D eigenvalue weighted by molar-refractivity contribution is 6.00. The zero-order valence-corrected chi connectivity index (χ0v) is 20.0. The minimum absolute atomic E-state index is 0.0571. The van der Waals surface area contributed by atoms with Crippen molar-refractivity contribution in [3.8, 4) is 17.1 Å². The summed E-state index contributed by atoms with van der Waals surface area (Å²) in [5.74, 6) is 0.179. The van der Waals surface area contributed by atoms with Crippen LogP contribution in [0.5, 0.6) is 0 Å². The zero-order chi connectivity index (χ0) is 24.9. The van der Waals surface area contributed by atoms with Gasteiger partial charge >= 0.3 is 0 Å². The highest BCUT2D eigenvalue weighted by Crippen LogP contribution is 2.28. The summed E-state index contributed by atoms with van der Waals surface area (Å²) in [5.41, 5.74) is 2.55. The summed E-state index contributed by atoms with van der Waals surface area (Å²) in [6.45, 7) is 0. The standard InChI is InChI=1S/C26H28N8O2/c1-33-17-28-31-24(33)19-12-14-20(15-13-19)29-26(36)23(18-8-4-2-5-9-18)30-25(35)22-16-27-32-34(22)21-10-6-3-7-11-21/h3,6-7,10-18,23H,2,4-5,8-9H2,1H3,(H,29,36)(H,30,35). The Morgan fingerprint density at radius 1 is 0.972 bits per heavy atom. The van der Waals surface area contributed by atoms with E-state index < -0.39 is 6.04 Å². The SMILES string of the molecule is Cn1cnnc1-c1ccc(NC(=O)C(NC(=O)c2cnnn2-c2ccccc2)C2CCCCC2)cc1. The van der Waals surface area contributed by atoms with Crippen LogP contribution in [-0.4, -0.2) is 47.6 Å². The van der Waals surface area contributed by atoms with Gasteiger partial charge in [0.25, 0.3) is 5.91 Å². The highest BCUT2D eigenvalue weighted by atomic mass is 16.2. The number of anilines is 1. The second-order valence-corrected chi connectivity index (χ2v) is 9.05. The molecule has 0 radical (unpaired) electrons. The van der Waals surface area contributed by atoms with Crippen LogP contribution >= 0.6 is 0 Å². The molecule has 10 heteroatoms. The van der Waals surface area contributed by atoms with Crippen molar-refractivity contribution in [2.75, 3.05) is 5.32 Å². The van der Waals surface area contributed by atoms with Crippen LogP contribution in [0, 0.1) is 5.92 Å². The smallest absolute Gasteiger partial charge is 0.272 e. The molecule has 0 saturated heterocycles. The maximum Gasteiger partial charge on any atom is 0.272 e. The van der Waals surface area contributed by atoms with Gasteiger partial charge in [0.15, 0.2) is 11.5 Å². The van der Waals surface area contributed by atoms with Crippen molar-refractivity contribution >= 4 is 17.5 Å². The van der Waals surface area contributed by atoms with Gasteiger partial charge in [-0.25, -0.2) is 4.68 Å². The molecule has 2 amide bonds. The number of carbonyl (C=O) groups is 2. The summed E-state index contributed by atoms with van der Waals surface area (Å²) in [5, 5.41) is 22.0. The van der Waals surface area contributed by atoms with Crippen LogP contribution in [0.3, 0.4) is 0 Å². The van der Waals surface area contributed by atoms with E-state index >= 15 is 0 Å². The van der Waals surface area contributed by atoms with E-state index in [1.54, 1.807) is 6.33 Å². The lowest BCUT2D eigenvalue weighted by atomic mass is 9.83. The van der Waals surface area contributed by atoms with E-state index in [1.165, 1.54) is 10.9 Å². The molecule has 184 valence electrons.